The highest BCUT2D eigenvalue weighted by Crippen LogP contribution is 2.25. The van der Waals surface area contributed by atoms with Crippen molar-refractivity contribution in [3.05, 3.63) is 0 Å². The predicted molar refractivity (Wildman–Crippen MR) is 53.4 cm³/mol. The van der Waals surface area contributed by atoms with Crippen LogP contribution < -0.4 is 5.32 Å². The Labute approximate surface area is 79.9 Å². The smallest absolute Gasteiger partial charge is 0.0595 e. The van der Waals surface area contributed by atoms with Crippen molar-refractivity contribution in [3.8, 4) is 0 Å². The number of hydrogen-bond donors (Lipinski definition) is 1. The summed E-state index contributed by atoms with van der Waals surface area (Å²) >= 11 is 0. The molecule has 2 rings (SSSR count). The highest BCUT2D eigenvalue weighted by atomic mass is 35.5. The first kappa shape index (κ1) is 10.3. The molecule has 0 aromatic heterocycles. The van der Waals surface area contributed by atoms with E-state index in [1.165, 1.54) is 12.8 Å². The summed E-state index contributed by atoms with van der Waals surface area (Å²) in [5.41, 5.74) is 0. The van der Waals surface area contributed by atoms with E-state index in [4.69, 9.17) is 0 Å². The second-order valence-electron chi connectivity index (χ2n) is 3.27. The molecule has 2 fully saturated rings. The summed E-state index contributed by atoms with van der Waals surface area (Å²) in [4.78, 5) is 0. The average Bonchev–Trinajstić information content (AvgIpc) is 2.72. The molecule has 5 heteroatoms. The van der Waals surface area contributed by atoms with Crippen molar-refractivity contribution in [2.24, 2.45) is 4.36 Å². The van der Waals surface area contributed by atoms with Crippen molar-refractivity contribution in [2.75, 3.05) is 24.6 Å². The summed E-state index contributed by atoms with van der Waals surface area (Å²) in [6, 6.07) is 0.459. The summed E-state index contributed by atoms with van der Waals surface area (Å²) in [6.45, 7) is 1.77. The molecule has 72 valence electrons. The zero-order chi connectivity index (χ0) is 7.73. The Balaban J connectivity index is 0.000000720. The van der Waals surface area contributed by atoms with Crippen molar-refractivity contribution in [1.29, 1.82) is 0 Å². The van der Waals surface area contributed by atoms with Crippen LogP contribution in [0.5, 0.6) is 0 Å². The third kappa shape index (κ3) is 2.61. The highest BCUT2D eigenvalue weighted by molar-refractivity contribution is 7.93. The lowest BCUT2D eigenvalue weighted by Gasteiger charge is -2.16. The normalized spacial score (nSPS) is 27.3. The summed E-state index contributed by atoms with van der Waals surface area (Å²) < 4.78 is 16.2. The Bertz CT molecular complexity index is 244. The van der Waals surface area contributed by atoms with E-state index in [0.717, 1.165) is 24.6 Å². The summed E-state index contributed by atoms with van der Waals surface area (Å²) in [6.07, 6.45) is 2.34. The van der Waals surface area contributed by atoms with Gasteiger partial charge in [0.25, 0.3) is 0 Å². The lowest BCUT2D eigenvalue weighted by atomic mass is 10.6. The molecule has 0 aromatic rings. The molecule has 0 atom stereocenters. The van der Waals surface area contributed by atoms with Gasteiger partial charge in [-0.15, -0.1) is 12.4 Å². The van der Waals surface area contributed by atoms with Gasteiger partial charge in [-0.25, -0.2) is 8.57 Å². The molecule has 0 spiro atoms. The Kier molecular flexibility index (Phi) is 3.37. The minimum atomic E-state index is -1.76. The van der Waals surface area contributed by atoms with Gasteiger partial charge in [0.2, 0.25) is 0 Å². The predicted octanol–water partition coefficient (Wildman–Crippen LogP) is 0.642. The van der Waals surface area contributed by atoms with Gasteiger partial charge in [-0.3, -0.25) is 0 Å². The van der Waals surface area contributed by atoms with E-state index in [2.05, 4.69) is 9.68 Å². The van der Waals surface area contributed by atoms with E-state index >= 15 is 0 Å². The maximum absolute atomic E-state index is 11.8. The van der Waals surface area contributed by atoms with Gasteiger partial charge in [-0.1, -0.05) is 0 Å². The molecule has 1 saturated carbocycles. The van der Waals surface area contributed by atoms with Crippen LogP contribution in [0.3, 0.4) is 0 Å². The number of nitrogens with one attached hydrogen (secondary N) is 1. The van der Waals surface area contributed by atoms with Crippen molar-refractivity contribution in [1.82, 2.24) is 5.32 Å². The third-order valence-corrected chi connectivity index (χ3v) is 4.45. The van der Waals surface area contributed by atoms with E-state index in [1.54, 1.807) is 0 Å². The van der Waals surface area contributed by atoms with E-state index in [9.17, 15) is 4.21 Å². The molecule has 1 N–H and O–H groups in total. The van der Waals surface area contributed by atoms with Crippen LogP contribution in [0.25, 0.3) is 0 Å². The SMILES string of the molecule is Cl.O=S1(=NC2CC2)CCNCC1. The second-order valence-corrected chi connectivity index (χ2v) is 5.84. The average molecular weight is 211 g/mol. The largest absolute Gasteiger partial charge is 0.315 e. The molecule has 0 unspecified atom stereocenters. The standard InChI is InChI=1S/C7H14N2OS.ClH/c10-11(9-7-1-2-7)5-3-8-4-6-11;/h7-8H,1-6H2;1H. The van der Waals surface area contributed by atoms with Gasteiger partial charge in [0, 0.05) is 34.3 Å². The van der Waals surface area contributed by atoms with Crippen LogP contribution in [-0.4, -0.2) is 34.8 Å². The van der Waals surface area contributed by atoms with Crippen LogP contribution in [0.4, 0.5) is 0 Å². The van der Waals surface area contributed by atoms with Gasteiger partial charge >= 0.3 is 0 Å². The Morgan fingerprint density at radius 1 is 1.25 bits per heavy atom. The Hall–Kier alpha value is 0.200. The molecule has 0 aromatic carbocycles. The molecule has 0 bridgehead atoms. The van der Waals surface area contributed by atoms with E-state index in [1.807, 2.05) is 0 Å². The molecule has 0 amide bonds. The van der Waals surface area contributed by atoms with Crippen LogP contribution in [-0.2, 0) is 9.73 Å². The summed E-state index contributed by atoms with van der Waals surface area (Å²) in [5, 5.41) is 3.19. The fraction of sp³-hybridized carbons (Fsp3) is 1.00. The van der Waals surface area contributed by atoms with Crippen LogP contribution in [0, 0.1) is 0 Å². The lowest BCUT2D eigenvalue weighted by molar-refractivity contribution is 0.649. The van der Waals surface area contributed by atoms with Crippen LogP contribution in [0.15, 0.2) is 4.36 Å². The lowest BCUT2D eigenvalue weighted by Crippen LogP contribution is -2.35. The molecule has 1 saturated heterocycles. The quantitative estimate of drug-likeness (QED) is 0.691. The fourth-order valence-corrected chi connectivity index (χ4v) is 3.34. The van der Waals surface area contributed by atoms with Gasteiger partial charge in [0.15, 0.2) is 0 Å². The van der Waals surface area contributed by atoms with Crippen LogP contribution in [0.1, 0.15) is 12.8 Å². The first-order chi connectivity index (χ1) is 5.29. The first-order valence-electron chi connectivity index (χ1n) is 4.21. The maximum Gasteiger partial charge on any atom is 0.0595 e. The fourth-order valence-electron chi connectivity index (χ4n) is 1.25. The van der Waals surface area contributed by atoms with E-state index in [0.29, 0.717) is 6.04 Å². The molecule has 12 heavy (non-hydrogen) atoms. The van der Waals surface area contributed by atoms with E-state index in [-0.39, 0.29) is 12.4 Å². The van der Waals surface area contributed by atoms with Crippen molar-refractivity contribution in [2.45, 2.75) is 18.9 Å². The van der Waals surface area contributed by atoms with Crippen molar-refractivity contribution >= 4 is 22.1 Å². The first-order valence-corrected chi connectivity index (χ1v) is 6.06. The molecule has 3 nitrogen and oxygen atoms in total. The molecule has 2 aliphatic rings. The van der Waals surface area contributed by atoms with E-state index < -0.39 is 9.73 Å². The topological polar surface area (TPSA) is 41.5 Å². The maximum atomic E-state index is 11.8. The van der Waals surface area contributed by atoms with Crippen molar-refractivity contribution < 1.29 is 4.21 Å². The Morgan fingerprint density at radius 2 is 1.83 bits per heavy atom. The minimum Gasteiger partial charge on any atom is -0.315 e. The monoisotopic (exact) mass is 210 g/mol. The summed E-state index contributed by atoms with van der Waals surface area (Å²) in [5.74, 6) is 1.53. The number of nitrogens with zero attached hydrogens (tertiary/aromatic N) is 1. The number of hydrogen-bond acceptors (Lipinski definition) is 3. The minimum absolute atomic E-state index is 0. The van der Waals surface area contributed by atoms with Gasteiger partial charge in [0.1, 0.15) is 0 Å². The zero-order valence-corrected chi connectivity index (χ0v) is 8.62. The molecular weight excluding hydrogens is 196 g/mol. The second kappa shape index (κ2) is 3.94. The highest BCUT2D eigenvalue weighted by Gasteiger charge is 2.24. The van der Waals surface area contributed by atoms with Gasteiger partial charge < -0.3 is 5.32 Å². The van der Waals surface area contributed by atoms with Crippen molar-refractivity contribution in [3.63, 3.8) is 0 Å². The molecular formula is C7H15ClN2OS. The van der Waals surface area contributed by atoms with Crippen LogP contribution >= 0.6 is 12.4 Å². The van der Waals surface area contributed by atoms with Crippen LogP contribution in [0.2, 0.25) is 0 Å². The Morgan fingerprint density at radius 3 is 2.33 bits per heavy atom. The van der Waals surface area contributed by atoms with Gasteiger partial charge in [-0.2, -0.15) is 0 Å². The number of halogens is 1. The molecule has 1 aliphatic carbocycles. The summed E-state index contributed by atoms with van der Waals surface area (Å²) in [7, 11) is -1.76. The van der Waals surface area contributed by atoms with Gasteiger partial charge in [-0.05, 0) is 12.8 Å². The van der Waals surface area contributed by atoms with Gasteiger partial charge in [0.05, 0.1) is 6.04 Å². The molecule has 0 radical (unpaired) electrons. The number of rotatable bonds is 1. The molecule has 1 heterocycles. The third-order valence-electron chi connectivity index (χ3n) is 2.08. The zero-order valence-electron chi connectivity index (χ0n) is 6.99. The molecule has 1 aliphatic heterocycles.